The van der Waals surface area contributed by atoms with Gasteiger partial charge in [0, 0.05) is 12.6 Å². The second kappa shape index (κ2) is 9.01. The first kappa shape index (κ1) is 17.0. The number of rotatable bonds is 9. The van der Waals surface area contributed by atoms with E-state index in [4.69, 9.17) is 11.6 Å². The van der Waals surface area contributed by atoms with E-state index in [1.54, 1.807) is 6.20 Å². The van der Waals surface area contributed by atoms with Gasteiger partial charge in [0.2, 0.25) is 0 Å². The van der Waals surface area contributed by atoms with Crippen LogP contribution in [-0.2, 0) is 6.54 Å². The summed E-state index contributed by atoms with van der Waals surface area (Å²) in [5.41, 5.74) is 0.444. The molecular weight excluding hydrogens is 274 g/mol. The Hall–Kier alpha value is -1.03. The molecule has 1 aromatic rings. The summed E-state index contributed by atoms with van der Waals surface area (Å²) < 4.78 is 1.44. The van der Waals surface area contributed by atoms with Crippen LogP contribution in [0.25, 0.3) is 0 Å². The lowest BCUT2D eigenvalue weighted by atomic mass is 10.1. The Labute approximate surface area is 126 Å². The fourth-order valence-corrected chi connectivity index (χ4v) is 2.27. The fraction of sp³-hybridized carbons (Fsp3) is 0.733. The van der Waals surface area contributed by atoms with Crippen LogP contribution >= 0.6 is 11.6 Å². The molecule has 0 aliphatic rings. The summed E-state index contributed by atoms with van der Waals surface area (Å²) >= 11 is 6.15. The zero-order valence-corrected chi connectivity index (χ0v) is 13.5. The van der Waals surface area contributed by atoms with Gasteiger partial charge in [-0.3, -0.25) is 4.79 Å². The maximum atomic E-state index is 12.1. The summed E-state index contributed by atoms with van der Waals surface area (Å²) in [4.78, 5) is 12.1. The molecule has 20 heavy (non-hydrogen) atoms. The van der Waals surface area contributed by atoms with Gasteiger partial charge in [0.25, 0.3) is 5.56 Å². The summed E-state index contributed by atoms with van der Waals surface area (Å²) in [5, 5.41) is 7.72. The number of halogens is 1. The molecule has 0 radical (unpaired) electrons. The van der Waals surface area contributed by atoms with Crippen LogP contribution < -0.4 is 10.9 Å². The number of anilines is 1. The molecule has 0 aromatic carbocycles. The molecule has 4 nitrogen and oxygen atoms in total. The number of nitrogens with zero attached hydrogens (tertiary/aromatic N) is 2. The van der Waals surface area contributed by atoms with Gasteiger partial charge in [-0.2, -0.15) is 5.10 Å². The van der Waals surface area contributed by atoms with Crippen LogP contribution in [0.5, 0.6) is 0 Å². The quantitative estimate of drug-likeness (QED) is 0.699. The standard InChI is InChI=1S/C15H26ClN3O/c1-4-6-8-9-12(3)18-13-11-17-19(10-7-5-2)15(20)14(13)16/h11-12,18H,4-10H2,1-3H3. The molecule has 1 atom stereocenters. The van der Waals surface area contributed by atoms with E-state index in [1.165, 1.54) is 23.9 Å². The molecule has 0 amide bonds. The Morgan fingerprint density at radius 2 is 2.00 bits per heavy atom. The Morgan fingerprint density at radius 3 is 2.65 bits per heavy atom. The lowest BCUT2D eigenvalue weighted by Gasteiger charge is -2.16. The van der Waals surface area contributed by atoms with Crippen molar-refractivity contribution < 1.29 is 0 Å². The maximum Gasteiger partial charge on any atom is 0.287 e. The minimum absolute atomic E-state index is 0.203. The largest absolute Gasteiger partial charge is 0.380 e. The van der Waals surface area contributed by atoms with Gasteiger partial charge in [0.05, 0.1) is 11.9 Å². The number of unbranched alkanes of at least 4 members (excludes halogenated alkanes) is 3. The third kappa shape index (κ3) is 5.16. The van der Waals surface area contributed by atoms with Crippen molar-refractivity contribution in [2.75, 3.05) is 5.32 Å². The highest BCUT2D eigenvalue weighted by atomic mass is 35.5. The van der Waals surface area contributed by atoms with Gasteiger partial charge in [-0.05, 0) is 19.8 Å². The predicted molar refractivity (Wildman–Crippen MR) is 85.6 cm³/mol. The highest BCUT2D eigenvalue weighted by molar-refractivity contribution is 6.32. The fourth-order valence-electron chi connectivity index (χ4n) is 2.07. The van der Waals surface area contributed by atoms with E-state index in [9.17, 15) is 4.79 Å². The topological polar surface area (TPSA) is 46.9 Å². The highest BCUT2D eigenvalue weighted by Gasteiger charge is 2.11. The summed E-state index contributed by atoms with van der Waals surface area (Å²) in [5.74, 6) is 0. The molecule has 0 bridgehead atoms. The minimum Gasteiger partial charge on any atom is -0.380 e. The summed E-state index contributed by atoms with van der Waals surface area (Å²) in [6.45, 7) is 7.01. The van der Waals surface area contributed by atoms with Gasteiger partial charge < -0.3 is 5.32 Å². The first-order valence-electron chi connectivity index (χ1n) is 7.62. The molecule has 0 saturated carbocycles. The Kier molecular flexibility index (Phi) is 7.67. The van der Waals surface area contributed by atoms with Crippen LogP contribution in [0, 0.1) is 0 Å². The van der Waals surface area contributed by atoms with Gasteiger partial charge in [0.15, 0.2) is 0 Å². The molecule has 1 N–H and O–H groups in total. The van der Waals surface area contributed by atoms with Crippen LogP contribution in [0.2, 0.25) is 5.02 Å². The van der Waals surface area contributed by atoms with Gasteiger partial charge in [-0.25, -0.2) is 4.68 Å². The lowest BCUT2D eigenvalue weighted by Crippen LogP contribution is -2.26. The van der Waals surface area contributed by atoms with E-state index in [1.807, 2.05) is 0 Å². The van der Waals surface area contributed by atoms with Crippen LogP contribution in [0.4, 0.5) is 5.69 Å². The van der Waals surface area contributed by atoms with Crippen molar-refractivity contribution in [3.8, 4) is 0 Å². The van der Waals surface area contributed by atoms with Crippen molar-refractivity contribution >= 4 is 17.3 Å². The molecule has 114 valence electrons. The molecule has 0 fully saturated rings. The average Bonchev–Trinajstić information content (AvgIpc) is 2.43. The van der Waals surface area contributed by atoms with Crippen LogP contribution in [-0.4, -0.2) is 15.8 Å². The average molecular weight is 300 g/mol. The SMILES string of the molecule is CCCCCC(C)Nc1cnn(CCCC)c(=O)c1Cl. The molecular formula is C15H26ClN3O. The minimum atomic E-state index is -0.203. The normalized spacial score (nSPS) is 12.4. The maximum absolute atomic E-state index is 12.1. The lowest BCUT2D eigenvalue weighted by molar-refractivity contribution is 0.542. The van der Waals surface area contributed by atoms with E-state index < -0.39 is 0 Å². The second-order valence-electron chi connectivity index (χ2n) is 5.30. The van der Waals surface area contributed by atoms with Crippen LogP contribution in [0.15, 0.2) is 11.0 Å². The zero-order valence-electron chi connectivity index (χ0n) is 12.8. The summed E-state index contributed by atoms with van der Waals surface area (Å²) in [6, 6.07) is 0.298. The molecule has 0 saturated heterocycles. The number of hydrogen-bond acceptors (Lipinski definition) is 3. The van der Waals surface area contributed by atoms with Gasteiger partial charge in [-0.15, -0.1) is 0 Å². The van der Waals surface area contributed by atoms with E-state index in [-0.39, 0.29) is 10.6 Å². The van der Waals surface area contributed by atoms with E-state index in [2.05, 4.69) is 31.2 Å². The Balaban J connectivity index is 2.67. The number of aryl methyl sites for hydroxylation is 1. The smallest absolute Gasteiger partial charge is 0.287 e. The third-order valence-electron chi connectivity index (χ3n) is 3.35. The van der Waals surface area contributed by atoms with Crippen molar-refractivity contribution in [1.82, 2.24) is 9.78 Å². The van der Waals surface area contributed by atoms with Gasteiger partial charge in [-0.1, -0.05) is 51.1 Å². The Morgan fingerprint density at radius 1 is 1.30 bits per heavy atom. The van der Waals surface area contributed by atoms with Crippen molar-refractivity contribution in [2.24, 2.45) is 0 Å². The van der Waals surface area contributed by atoms with Crippen molar-refractivity contribution in [3.05, 3.63) is 21.6 Å². The first-order chi connectivity index (χ1) is 9.60. The molecule has 1 aromatic heterocycles. The van der Waals surface area contributed by atoms with E-state index in [0.717, 1.165) is 19.3 Å². The van der Waals surface area contributed by atoms with Crippen LogP contribution in [0.3, 0.4) is 0 Å². The van der Waals surface area contributed by atoms with Gasteiger partial charge in [0.1, 0.15) is 5.02 Å². The van der Waals surface area contributed by atoms with Crippen molar-refractivity contribution in [1.29, 1.82) is 0 Å². The second-order valence-corrected chi connectivity index (χ2v) is 5.67. The van der Waals surface area contributed by atoms with Crippen molar-refractivity contribution in [3.63, 3.8) is 0 Å². The molecule has 1 unspecified atom stereocenters. The molecule has 1 rings (SSSR count). The molecule has 0 spiro atoms. The number of hydrogen-bond donors (Lipinski definition) is 1. The monoisotopic (exact) mass is 299 g/mol. The van der Waals surface area contributed by atoms with Gasteiger partial charge >= 0.3 is 0 Å². The number of aromatic nitrogens is 2. The Bertz CT molecular complexity index is 459. The molecule has 0 aliphatic heterocycles. The van der Waals surface area contributed by atoms with E-state index in [0.29, 0.717) is 18.3 Å². The predicted octanol–water partition coefficient (Wildman–Crippen LogP) is 4.08. The zero-order chi connectivity index (χ0) is 15.0. The number of nitrogens with one attached hydrogen (secondary N) is 1. The van der Waals surface area contributed by atoms with E-state index >= 15 is 0 Å². The molecule has 0 aliphatic carbocycles. The summed E-state index contributed by atoms with van der Waals surface area (Å²) in [6.07, 6.45) is 8.32. The molecule has 5 heteroatoms. The third-order valence-corrected chi connectivity index (χ3v) is 3.72. The molecule has 1 heterocycles. The first-order valence-corrected chi connectivity index (χ1v) is 8.00. The van der Waals surface area contributed by atoms with Crippen molar-refractivity contribution in [2.45, 2.75) is 71.9 Å². The summed E-state index contributed by atoms with van der Waals surface area (Å²) in [7, 11) is 0. The van der Waals surface area contributed by atoms with Crippen LogP contribution in [0.1, 0.15) is 59.3 Å². The highest BCUT2D eigenvalue weighted by Crippen LogP contribution is 2.18.